The van der Waals surface area contributed by atoms with E-state index in [0.717, 1.165) is 42.9 Å². The third-order valence-corrected chi connectivity index (χ3v) is 4.39. The Hall–Kier alpha value is -2.76. The first-order valence-electron chi connectivity index (χ1n) is 7.93. The monoisotopic (exact) mass is 325 g/mol. The highest BCUT2D eigenvalue weighted by Gasteiger charge is 2.25. The van der Waals surface area contributed by atoms with Gasteiger partial charge in [0.05, 0.1) is 17.0 Å². The van der Waals surface area contributed by atoms with Gasteiger partial charge in [-0.05, 0) is 30.9 Å². The van der Waals surface area contributed by atoms with E-state index in [1.807, 2.05) is 4.90 Å². The number of aromatic nitrogens is 2. The van der Waals surface area contributed by atoms with Crippen LogP contribution in [-0.2, 0) is 11.2 Å². The fraction of sp³-hybridized carbons (Fsp3) is 0.333. The predicted molar refractivity (Wildman–Crippen MR) is 88.5 cm³/mol. The minimum atomic E-state index is -0.948. The first-order chi connectivity index (χ1) is 11.5. The minimum Gasteiger partial charge on any atom is -0.478 e. The summed E-state index contributed by atoms with van der Waals surface area (Å²) in [7, 11) is 0. The number of hydrogen-bond donors (Lipinski definition) is 1. The maximum Gasteiger partial charge on any atom is 0.335 e. The maximum absolute atomic E-state index is 11.5. The smallest absolute Gasteiger partial charge is 0.335 e. The molecule has 1 fully saturated rings. The number of benzene rings is 1. The van der Waals surface area contributed by atoms with Crippen LogP contribution in [0, 0.1) is 5.92 Å². The topological polar surface area (TPSA) is 83.4 Å². The number of carbonyl (C=O) groups is 2. The lowest BCUT2D eigenvalue weighted by Gasteiger charge is -2.14. The molecule has 0 saturated carbocycles. The first-order valence-corrected chi connectivity index (χ1v) is 7.93. The van der Waals surface area contributed by atoms with Crippen LogP contribution in [-0.4, -0.2) is 44.9 Å². The first kappa shape index (κ1) is 16.1. The molecular weight excluding hydrogens is 306 g/mol. The lowest BCUT2D eigenvalue weighted by Crippen LogP contribution is -2.26. The molecule has 6 nitrogen and oxygen atoms in total. The third kappa shape index (κ3) is 3.42. The van der Waals surface area contributed by atoms with E-state index in [2.05, 4.69) is 9.97 Å². The van der Waals surface area contributed by atoms with E-state index in [1.165, 1.54) is 0 Å². The fourth-order valence-electron chi connectivity index (χ4n) is 3.09. The highest BCUT2D eigenvalue weighted by atomic mass is 16.4. The maximum atomic E-state index is 11.5. The van der Waals surface area contributed by atoms with Gasteiger partial charge in [-0.2, -0.15) is 0 Å². The summed E-state index contributed by atoms with van der Waals surface area (Å²) < 4.78 is 0. The Kier molecular flexibility index (Phi) is 4.55. The standard InChI is InChI=1S/C18H19N3O3/c1-12(22)21-9-6-13(11-21)10-16-17(20-8-7-19-16)14-2-4-15(5-3-14)18(23)24/h2-5,7-8,13H,6,9-11H2,1H3,(H,23,24)/t13-/m1/s1. The summed E-state index contributed by atoms with van der Waals surface area (Å²) in [4.78, 5) is 33.2. The average Bonchev–Trinajstić information content (AvgIpc) is 3.04. The molecule has 0 radical (unpaired) electrons. The van der Waals surface area contributed by atoms with E-state index >= 15 is 0 Å². The molecule has 3 rings (SSSR count). The number of carboxylic acid groups (broad SMARTS) is 1. The summed E-state index contributed by atoms with van der Waals surface area (Å²) in [6.07, 6.45) is 5.03. The van der Waals surface area contributed by atoms with Gasteiger partial charge in [-0.15, -0.1) is 0 Å². The van der Waals surface area contributed by atoms with Gasteiger partial charge >= 0.3 is 5.97 Å². The molecule has 0 spiro atoms. The van der Waals surface area contributed by atoms with E-state index in [4.69, 9.17) is 5.11 Å². The van der Waals surface area contributed by atoms with Crippen LogP contribution in [0.3, 0.4) is 0 Å². The van der Waals surface area contributed by atoms with Crippen molar-refractivity contribution < 1.29 is 14.7 Å². The molecule has 0 bridgehead atoms. The van der Waals surface area contributed by atoms with Crippen LogP contribution < -0.4 is 0 Å². The number of rotatable bonds is 4. The normalized spacial score (nSPS) is 17.0. The van der Waals surface area contributed by atoms with Crippen molar-refractivity contribution >= 4 is 11.9 Å². The van der Waals surface area contributed by atoms with Crippen molar-refractivity contribution in [2.45, 2.75) is 19.8 Å². The summed E-state index contributed by atoms with van der Waals surface area (Å²) in [6.45, 7) is 3.15. The van der Waals surface area contributed by atoms with Crippen molar-refractivity contribution in [3.8, 4) is 11.3 Å². The number of aromatic carboxylic acids is 1. The van der Waals surface area contributed by atoms with Crippen LogP contribution >= 0.6 is 0 Å². The van der Waals surface area contributed by atoms with E-state index in [9.17, 15) is 9.59 Å². The summed E-state index contributed by atoms with van der Waals surface area (Å²) in [5, 5.41) is 9.00. The number of hydrogen-bond acceptors (Lipinski definition) is 4. The second-order valence-electron chi connectivity index (χ2n) is 6.06. The largest absolute Gasteiger partial charge is 0.478 e. The van der Waals surface area contributed by atoms with Gasteiger partial charge in [0.1, 0.15) is 0 Å². The van der Waals surface area contributed by atoms with Gasteiger partial charge in [0, 0.05) is 38.0 Å². The van der Waals surface area contributed by atoms with Gasteiger partial charge in [0.15, 0.2) is 0 Å². The van der Waals surface area contributed by atoms with Crippen LogP contribution in [0.5, 0.6) is 0 Å². The molecule has 1 atom stereocenters. The molecule has 124 valence electrons. The molecule has 1 saturated heterocycles. The summed E-state index contributed by atoms with van der Waals surface area (Å²) in [5.74, 6) is -0.458. The molecule has 1 aromatic carbocycles. The van der Waals surface area contributed by atoms with Gasteiger partial charge in [-0.1, -0.05) is 12.1 Å². The molecule has 1 aliphatic rings. The number of amides is 1. The van der Waals surface area contributed by atoms with Gasteiger partial charge in [-0.3, -0.25) is 14.8 Å². The lowest BCUT2D eigenvalue weighted by atomic mass is 9.98. The Morgan fingerprint density at radius 1 is 1.21 bits per heavy atom. The van der Waals surface area contributed by atoms with Crippen molar-refractivity contribution in [2.24, 2.45) is 5.92 Å². The number of nitrogens with zero attached hydrogens (tertiary/aromatic N) is 3. The second kappa shape index (κ2) is 6.78. The van der Waals surface area contributed by atoms with E-state index in [1.54, 1.807) is 43.6 Å². The molecule has 1 aliphatic heterocycles. The fourth-order valence-corrected chi connectivity index (χ4v) is 3.09. The zero-order valence-electron chi connectivity index (χ0n) is 13.5. The zero-order chi connectivity index (χ0) is 17.1. The Morgan fingerprint density at radius 3 is 2.54 bits per heavy atom. The molecule has 1 N–H and O–H groups in total. The molecule has 6 heteroatoms. The van der Waals surface area contributed by atoms with Crippen LogP contribution in [0.1, 0.15) is 29.4 Å². The van der Waals surface area contributed by atoms with Crippen molar-refractivity contribution in [3.63, 3.8) is 0 Å². The molecule has 1 aromatic heterocycles. The Balaban J connectivity index is 1.81. The molecule has 0 unspecified atom stereocenters. The van der Waals surface area contributed by atoms with E-state index < -0.39 is 5.97 Å². The predicted octanol–water partition coefficient (Wildman–Crippen LogP) is 2.25. The number of likely N-dealkylation sites (tertiary alicyclic amines) is 1. The Bertz CT molecular complexity index is 758. The summed E-state index contributed by atoms with van der Waals surface area (Å²) >= 11 is 0. The van der Waals surface area contributed by atoms with Gasteiger partial charge < -0.3 is 10.0 Å². The van der Waals surface area contributed by atoms with Crippen molar-refractivity contribution in [1.82, 2.24) is 14.9 Å². The molecular formula is C18H19N3O3. The number of carbonyl (C=O) groups excluding carboxylic acids is 1. The average molecular weight is 325 g/mol. The molecule has 0 aliphatic carbocycles. The second-order valence-corrected chi connectivity index (χ2v) is 6.06. The quantitative estimate of drug-likeness (QED) is 0.932. The highest BCUT2D eigenvalue weighted by Crippen LogP contribution is 2.26. The Labute approximate surface area is 140 Å². The van der Waals surface area contributed by atoms with Crippen LogP contribution in [0.15, 0.2) is 36.7 Å². The van der Waals surface area contributed by atoms with E-state index in [-0.39, 0.29) is 11.5 Å². The lowest BCUT2D eigenvalue weighted by molar-refractivity contribution is -0.127. The number of carboxylic acids is 1. The SMILES string of the molecule is CC(=O)N1CC[C@H](Cc2nccnc2-c2ccc(C(=O)O)cc2)C1. The van der Waals surface area contributed by atoms with Gasteiger partial charge in [0.25, 0.3) is 0 Å². The van der Waals surface area contributed by atoms with Crippen molar-refractivity contribution in [3.05, 3.63) is 47.9 Å². The van der Waals surface area contributed by atoms with Gasteiger partial charge in [0.2, 0.25) is 5.91 Å². The van der Waals surface area contributed by atoms with Crippen LogP contribution in [0.2, 0.25) is 0 Å². The zero-order valence-corrected chi connectivity index (χ0v) is 13.5. The molecule has 2 aromatic rings. The van der Waals surface area contributed by atoms with Crippen molar-refractivity contribution in [1.29, 1.82) is 0 Å². The molecule has 2 heterocycles. The van der Waals surface area contributed by atoms with Crippen LogP contribution in [0.4, 0.5) is 0 Å². The Morgan fingerprint density at radius 2 is 1.92 bits per heavy atom. The summed E-state index contributed by atoms with van der Waals surface area (Å²) in [5.41, 5.74) is 2.76. The van der Waals surface area contributed by atoms with E-state index in [0.29, 0.717) is 5.92 Å². The molecule has 24 heavy (non-hydrogen) atoms. The summed E-state index contributed by atoms with van der Waals surface area (Å²) in [6, 6.07) is 6.66. The molecule has 1 amide bonds. The highest BCUT2D eigenvalue weighted by molar-refractivity contribution is 5.88. The minimum absolute atomic E-state index is 0.112. The third-order valence-electron chi connectivity index (χ3n) is 4.39. The van der Waals surface area contributed by atoms with Crippen molar-refractivity contribution in [2.75, 3.05) is 13.1 Å². The van der Waals surface area contributed by atoms with Crippen LogP contribution in [0.25, 0.3) is 11.3 Å². The van der Waals surface area contributed by atoms with Gasteiger partial charge in [-0.25, -0.2) is 4.79 Å².